The Morgan fingerprint density at radius 3 is 2.75 bits per heavy atom. The molecule has 0 aromatic heterocycles. The average molecular weight is 290 g/mol. The van der Waals surface area contributed by atoms with Crippen LogP contribution in [-0.4, -0.2) is 20.3 Å². The molecular formula is C12H17BrFNO. The van der Waals surface area contributed by atoms with E-state index in [1.54, 1.807) is 13.2 Å². The van der Waals surface area contributed by atoms with Crippen molar-refractivity contribution in [3.8, 4) is 0 Å². The van der Waals surface area contributed by atoms with Gasteiger partial charge in [-0.15, -0.1) is 0 Å². The van der Waals surface area contributed by atoms with Crippen LogP contribution in [0.15, 0.2) is 22.7 Å². The molecule has 0 saturated heterocycles. The minimum absolute atomic E-state index is 0.169. The number of hydrogen-bond acceptors (Lipinski definition) is 2. The van der Waals surface area contributed by atoms with Gasteiger partial charge in [0.1, 0.15) is 5.82 Å². The van der Waals surface area contributed by atoms with Gasteiger partial charge in [-0.25, -0.2) is 4.39 Å². The topological polar surface area (TPSA) is 21.3 Å². The second-order valence-electron chi connectivity index (χ2n) is 3.61. The molecule has 1 N–H and O–H groups in total. The molecule has 0 amide bonds. The van der Waals surface area contributed by atoms with Gasteiger partial charge in [-0.05, 0) is 30.2 Å². The molecule has 4 heteroatoms. The van der Waals surface area contributed by atoms with Gasteiger partial charge in [-0.1, -0.05) is 22.9 Å². The first-order valence-electron chi connectivity index (χ1n) is 5.35. The van der Waals surface area contributed by atoms with Crippen molar-refractivity contribution in [1.82, 2.24) is 5.32 Å². The van der Waals surface area contributed by atoms with Crippen molar-refractivity contribution in [2.45, 2.75) is 19.4 Å². The standard InChI is InChI=1S/C12H17BrFNO/c1-3-12(15-4-5-16-2)9-6-10(13)8-11(14)7-9/h6-8,12,15H,3-5H2,1-2H3. The van der Waals surface area contributed by atoms with Crippen LogP contribution in [-0.2, 0) is 4.74 Å². The smallest absolute Gasteiger partial charge is 0.124 e. The minimum Gasteiger partial charge on any atom is -0.383 e. The third-order valence-electron chi connectivity index (χ3n) is 2.39. The molecule has 1 atom stereocenters. The van der Waals surface area contributed by atoms with Crippen molar-refractivity contribution in [2.75, 3.05) is 20.3 Å². The molecule has 0 heterocycles. The summed E-state index contributed by atoms with van der Waals surface area (Å²) in [5.74, 6) is -0.212. The van der Waals surface area contributed by atoms with Crippen LogP contribution >= 0.6 is 15.9 Å². The molecule has 1 rings (SSSR count). The van der Waals surface area contributed by atoms with Crippen LogP contribution in [0, 0.1) is 5.82 Å². The molecular weight excluding hydrogens is 273 g/mol. The highest BCUT2D eigenvalue weighted by Crippen LogP contribution is 2.22. The van der Waals surface area contributed by atoms with Crippen molar-refractivity contribution in [2.24, 2.45) is 0 Å². The van der Waals surface area contributed by atoms with Gasteiger partial charge in [0, 0.05) is 24.2 Å². The zero-order valence-electron chi connectivity index (χ0n) is 9.59. The normalized spacial score (nSPS) is 12.8. The number of hydrogen-bond donors (Lipinski definition) is 1. The molecule has 0 aliphatic carbocycles. The van der Waals surface area contributed by atoms with E-state index < -0.39 is 0 Å². The van der Waals surface area contributed by atoms with Crippen LogP contribution in [0.1, 0.15) is 24.9 Å². The number of halogens is 2. The highest BCUT2D eigenvalue weighted by molar-refractivity contribution is 9.10. The fourth-order valence-electron chi connectivity index (χ4n) is 1.61. The number of rotatable bonds is 6. The fraction of sp³-hybridized carbons (Fsp3) is 0.500. The first-order chi connectivity index (χ1) is 7.67. The second kappa shape index (κ2) is 6.99. The van der Waals surface area contributed by atoms with Gasteiger partial charge in [-0.2, -0.15) is 0 Å². The van der Waals surface area contributed by atoms with E-state index in [2.05, 4.69) is 28.2 Å². The quantitative estimate of drug-likeness (QED) is 0.812. The molecule has 0 fully saturated rings. The molecule has 2 nitrogen and oxygen atoms in total. The Balaban J connectivity index is 2.70. The lowest BCUT2D eigenvalue weighted by Gasteiger charge is -2.17. The average Bonchev–Trinajstić information content (AvgIpc) is 2.23. The van der Waals surface area contributed by atoms with Crippen LogP contribution in [0.2, 0.25) is 0 Å². The first kappa shape index (κ1) is 13.6. The van der Waals surface area contributed by atoms with E-state index in [9.17, 15) is 4.39 Å². The Bertz CT molecular complexity index is 313. The zero-order chi connectivity index (χ0) is 12.0. The third-order valence-corrected chi connectivity index (χ3v) is 2.85. The number of ether oxygens (including phenoxy) is 1. The van der Waals surface area contributed by atoms with Crippen molar-refractivity contribution in [3.05, 3.63) is 34.1 Å². The molecule has 0 aliphatic rings. The van der Waals surface area contributed by atoms with Gasteiger partial charge in [0.05, 0.1) is 6.61 Å². The summed E-state index contributed by atoms with van der Waals surface area (Å²) in [6, 6.07) is 5.14. The van der Waals surface area contributed by atoms with Gasteiger partial charge < -0.3 is 10.1 Å². The van der Waals surface area contributed by atoms with E-state index in [1.165, 1.54) is 6.07 Å². The molecule has 1 aromatic rings. The summed E-state index contributed by atoms with van der Waals surface area (Å²) in [5.41, 5.74) is 0.963. The summed E-state index contributed by atoms with van der Waals surface area (Å²) in [4.78, 5) is 0. The first-order valence-corrected chi connectivity index (χ1v) is 6.15. The molecule has 1 unspecified atom stereocenters. The van der Waals surface area contributed by atoms with E-state index in [0.29, 0.717) is 6.61 Å². The maximum absolute atomic E-state index is 13.2. The van der Waals surface area contributed by atoms with Crippen LogP contribution in [0.3, 0.4) is 0 Å². The SMILES string of the molecule is CCC(NCCOC)c1cc(F)cc(Br)c1. The molecule has 0 saturated carbocycles. The van der Waals surface area contributed by atoms with E-state index in [4.69, 9.17) is 4.74 Å². The monoisotopic (exact) mass is 289 g/mol. The van der Waals surface area contributed by atoms with Crippen molar-refractivity contribution in [3.63, 3.8) is 0 Å². The summed E-state index contributed by atoms with van der Waals surface area (Å²) < 4.78 is 19.0. The fourth-order valence-corrected chi connectivity index (χ4v) is 2.09. The van der Waals surface area contributed by atoms with Crippen molar-refractivity contribution in [1.29, 1.82) is 0 Å². The summed E-state index contributed by atoms with van der Waals surface area (Å²) in [6.07, 6.45) is 0.916. The van der Waals surface area contributed by atoms with Crippen LogP contribution in [0.4, 0.5) is 4.39 Å². The van der Waals surface area contributed by atoms with Crippen molar-refractivity contribution < 1.29 is 9.13 Å². The number of nitrogens with one attached hydrogen (secondary N) is 1. The van der Waals surface area contributed by atoms with Gasteiger partial charge in [0.25, 0.3) is 0 Å². The Morgan fingerprint density at radius 1 is 1.44 bits per heavy atom. The Hall–Kier alpha value is -0.450. The maximum atomic E-state index is 13.2. The molecule has 90 valence electrons. The molecule has 0 spiro atoms. The highest BCUT2D eigenvalue weighted by Gasteiger charge is 2.10. The van der Waals surface area contributed by atoms with E-state index in [1.807, 2.05) is 6.07 Å². The molecule has 0 aliphatic heterocycles. The molecule has 0 radical (unpaired) electrons. The predicted octanol–water partition coefficient (Wildman–Crippen LogP) is 3.28. The lowest BCUT2D eigenvalue weighted by Crippen LogP contribution is -2.24. The van der Waals surface area contributed by atoms with Gasteiger partial charge in [-0.3, -0.25) is 0 Å². The summed E-state index contributed by atoms with van der Waals surface area (Å²) in [6.45, 7) is 3.50. The van der Waals surface area contributed by atoms with Crippen LogP contribution in [0.5, 0.6) is 0 Å². The molecule has 16 heavy (non-hydrogen) atoms. The van der Waals surface area contributed by atoms with Crippen LogP contribution in [0.25, 0.3) is 0 Å². The van der Waals surface area contributed by atoms with E-state index in [0.717, 1.165) is 23.0 Å². The number of benzene rings is 1. The van der Waals surface area contributed by atoms with Gasteiger partial charge >= 0.3 is 0 Å². The number of methoxy groups -OCH3 is 1. The Labute approximate surface area is 104 Å². The molecule has 1 aromatic carbocycles. The summed E-state index contributed by atoms with van der Waals surface area (Å²) in [7, 11) is 1.67. The van der Waals surface area contributed by atoms with Crippen molar-refractivity contribution >= 4 is 15.9 Å². The lowest BCUT2D eigenvalue weighted by atomic mass is 10.0. The largest absolute Gasteiger partial charge is 0.383 e. The molecule has 0 bridgehead atoms. The maximum Gasteiger partial charge on any atom is 0.124 e. The Morgan fingerprint density at radius 2 is 2.19 bits per heavy atom. The minimum atomic E-state index is -0.212. The zero-order valence-corrected chi connectivity index (χ0v) is 11.2. The highest BCUT2D eigenvalue weighted by atomic mass is 79.9. The lowest BCUT2D eigenvalue weighted by molar-refractivity contribution is 0.195. The van der Waals surface area contributed by atoms with E-state index >= 15 is 0 Å². The summed E-state index contributed by atoms with van der Waals surface area (Å²) >= 11 is 3.30. The predicted molar refractivity (Wildman–Crippen MR) is 67.0 cm³/mol. The van der Waals surface area contributed by atoms with Gasteiger partial charge in [0.15, 0.2) is 0 Å². The summed E-state index contributed by atoms with van der Waals surface area (Å²) in [5, 5.41) is 3.33. The van der Waals surface area contributed by atoms with E-state index in [-0.39, 0.29) is 11.9 Å². The third kappa shape index (κ3) is 4.20. The Kier molecular flexibility index (Phi) is 5.95. The van der Waals surface area contributed by atoms with Crippen LogP contribution < -0.4 is 5.32 Å². The van der Waals surface area contributed by atoms with Gasteiger partial charge in [0.2, 0.25) is 0 Å². The second-order valence-corrected chi connectivity index (χ2v) is 4.53.